The van der Waals surface area contributed by atoms with Gasteiger partial charge in [-0.05, 0) is 35.9 Å². The molecule has 0 radical (unpaired) electrons. The van der Waals surface area contributed by atoms with Crippen LogP contribution >= 0.6 is 11.6 Å². The van der Waals surface area contributed by atoms with Gasteiger partial charge in [-0.25, -0.2) is 4.98 Å². The molecule has 0 bridgehead atoms. The Morgan fingerprint density at radius 2 is 1.85 bits per heavy atom. The van der Waals surface area contributed by atoms with E-state index in [1.807, 2.05) is 64.0 Å². The molecule has 5 nitrogen and oxygen atoms in total. The SMILES string of the molecule is O=C(/C=C/c1ccc(Cl)cc1)N1CCN(Cc2cn3ccccc3n2)CC1. The van der Waals surface area contributed by atoms with Crippen LogP contribution in [-0.2, 0) is 11.3 Å². The number of carbonyl (C=O) groups excluding carboxylic acids is 1. The number of imidazole rings is 1. The van der Waals surface area contributed by atoms with Gasteiger partial charge in [0.2, 0.25) is 5.91 Å². The average molecular weight is 381 g/mol. The standard InChI is InChI=1S/C21H21ClN4O/c22-18-7-4-17(5-8-18)6-9-21(27)25-13-11-24(12-14-25)15-19-16-26-10-2-1-3-20(26)23-19/h1-10,16H,11-15H2/b9-6+. The Labute approximate surface area is 163 Å². The first-order valence-electron chi connectivity index (χ1n) is 9.05. The summed E-state index contributed by atoms with van der Waals surface area (Å²) in [5, 5.41) is 0.695. The van der Waals surface area contributed by atoms with E-state index in [1.165, 1.54) is 0 Å². The number of nitrogens with zero attached hydrogens (tertiary/aromatic N) is 4. The molecule has 1 fully saturated rings. The second-order valence-electron chi connectivity index (χ2n) is 6.68. The number of piperazine rings is 1. The summed E-state index contributed by atoms with van der Waals surface area (Å²) in [4.78, 5) is 21.3. The minimum Gasteiger partial charge on any atom is -0.337 e. The van der Waals surface area contributed by atoms with Crippen molar-refractivity contribution < 1.29 is 4.79 Å². The number of pyridine rings is 1. The van der Waals surface area contributed by atoms with Crippen molar-refractivity contribution >= 4 is 29.2 Å². The molecule has 1 aromatic carbocycles. The number of aromatic nitrogens is 2. The maximum atomic E-state index is 12.4. The van der Waals surface area contributed by atoms with Crippen molar-refractivity contribution in [2.24, 2.45) is 0 Å². The van der Waals surface area contributed by atoms with E-state index in [0.717, 1.165) is 49.6 Å². The first-order valence-corrected chi connectivity index (χ1v) is 9.43. The molecule has 0 N–H and O–H groups in total. The van der Waals surface area contributed by atoms with Crippen LogP contribution in [0.3, 0.4) is 0 Å². The zero-order chi connectivity index (χ0) is 18.6. The van der Waals surface area contributed by atoms with Crippen molar-refractivity contribution in [1.29, 1.82) is 0 Å². The molecular weight excluding hydrogens is 360 g/mol. The highest BCUT2D eigenvalue weighted by molar-refractivity contribution is 6.30. The topological polar surface area (TPSA) is 40.9 Å². The number of halogens is 1. The minimum atomic E-state index is 0.0531. The zero-order valence-electron chi connectivity index (χ0n) is 15.0. The lowest BCUT2D eigenvalue weighted by Gasteiger charge is -2.33. The summed E-state index contributed by atoms with van der Waals surface area (Å²) >= 11 is 5.88. The summed E-state index contributed by atoms with van der Waals surface area (Å²) in [6.45, 7) is 3.99. The van der Waals surface area contributed by atoms with E-state index >= 15 is 0 Å². The first-order chi connectivity index (χ1) is 13.2. The summed E-state index contributed by atoms with van der Waals surface area (Å²) in [7, 11) is 0. The van der Waals surface area contributed by atoms with Crippen molar-refractivity contribution in [3.8, 4) is 0 Å². The Kier molecular flexibility index (Phi) is 5.23. The van der Waals surface area contributed by atoms with Gasteiger partial charge in [-0.2, -0.15) is 0 Å². The molecule has 0 saturated carbocycles. The molecule has 0 atom stereocenters. The van der Waals surface area contributed by atoms with Crippen molar-refractivity contribution in [3.63, 3.8) is 0 Å². The van der Waals surface area contributed by atoms with E-state index in [0.29, 0.717) is 5.02 Å². The molecule has 1 aliphatic heterocycles. The van der Waals surface area contributed by atoms with Crippen molar-refractivity contribution in [2.45, 2.75) is 6.54 Å². The van der Waals surface area contributed by atoms with Crippen LogP contribution in [0.4, 0.5) is 0 Å². The molecule has 1 amide bonds. The molecular formula is C21H21ClN4O. The third-order valence-corrected chi connectivity index (χ3v) is 5.02. The maximum Gasteiger partial charge on any atom is 0.246 e. The Morgan fingerprint density at radius 1 is 1.07 bits per heavy atom. The Bertz CT molecular complexity index is 923. The Hall–Kier alpha value is -2.63. The highest BCUT2D eigenvalue weighted by Gasteiger charge is 2.20. The molecule has 27 heavy (non-hydrogen) atoms. The van der Waals surface area contributed by atoms with Crippen LogP contribution in [-0.4, -0.2) is 51.3 Å². The second-order valence-corrected chi connectivity index (χ2v) is 7.12. The Balaban J connectivity index is 1.30. The quantitative estimate of drug-likeness (QED) is 0.652. The van der Waals surface area contributed by atoms with Crippen LogP contribution in [0.5, 0.6) is 0 Å². The summed E-state index contributed by atoms with van der Waals surface area (Å²) in [6, 6.07) is 13.5. The van der Waals surface area contributed by atoms with Crippen LogP contribution < -0.4 is 0 Å². The number of carbonyl (C=O) groups is 1. The molecule has 0 spiro atoms. The van der Waals surface area contributed by atoms with Crippen molar-refractivity contribution in [1.82, 2.24) is 19.2 Å². The lowest BCUT2D eigenvalue weighted by molar-refractivity contribution is -0.127. The smallest absolute Gasteiger partial charge is 0.246 e. The third kappa shape index (κ3) is 4.38. The lowest BCUT2D eigenvalue weighted by Crippen LogP contribution is -2.47. The second kappa shape index (κ2) is 7.94. The van der Waals surface area contributed by atoms with Gasteiger partial charge in [0.25, 0.3) is 0 Å². The van der Waals surface area contributed by atoms with E-state index < -0.39 is 0 Å². The fraction of sp³-hybridized carbons (Fsp3) is 0.238. The highest BCUT2D eigenvalue weighted by atomic mass is 35.5. The van der Waals surface area contributed by atoms with Crippen LogP contribution in [0.2, 0.25) is 5.02 Å². The fourth-order valence-electron chi connectivity index (χ4n) is 3.27. The molecule has 3 aromatic rings. The van der Waals surface area contributed by atoms with E-state index in [4.69, 9.17) is 11.6 Å². The highest BCUT2D eigenvalue weighted by Crippen LogP contribution is 2.12. The summed E-state index contributed by atoms with van der Waals surface area (Å²) in [5.74, 6) is 0.0531. The van der Waals surface area contributed by atoms with Gasteiger partial charge in [0, 0.05) is 56.2 Å². The molecule has 6 heteroatoms. The van der Waals surface area contributed by atoms with Crippen molar-refractivity contribution in [2.75, 3.05) is 26.2 Å². The first kappa shape index (κ1) is 17.8. The number of amides is 1. The predicted octanol–water partition coefficient (Wildman–Crippen LogP) is 3.35. The molecule has 4 rings (SSSR count). The van der Waals surface area contributed by atoms with E-state index in [2.05, 4.69) is 16.1 Å². The van der Waals surface area contributed by atoms with Gasteiger partial charge in [-0.3, -0.25) is 9.69 Å². The van der Waals surface area contributed by atoms with Crippen LogP contribution in [0, 0.1) is 0 Å². The molecule has 2 aromatic heterocycles. The number of fused-ring (bicyclic) bond motifs is 1. The maximum absolute atomic E-state index is 12.4. The van der Waals surface area contributed by atoms with Gasteiger partial charge in [0.15, 0.2) is 0 Å². The van der Waals surface area contributed by atoms with E-state index in [9.17, 15) is 4.79 Å². The number of rotatable bonds is 4. The molecule has 3 heterocycles. The van der Waals surface area contributed by atoms with Gasteiger partial charge < -0.3 is 9.30 Å². The van der Waals surface area contributed by atoms with Gasteiger partial charge >= 0.3 is 0 Å². The van der Waals surface area contributed by atoms with Crippen molar-refractivity contribution in [3.05, 3.63) is 77.2 Å². The van der Waals surface area contributed by atoms with Crippen LogP contribution in [0.25, 0.3) is 11.7 Å². The van der Waals surface area contributed by atoms with Gasteiger partial charge in [0.05, 0.1) is 5.69 Å². The van der Waals surface area contributed by atoms with E-state index in [1.54, 1.807) is 6.08 Å². The van der Waals surface area contributed by atoms with Gasteiger partial charge in [-0.15, -0.1) is 0 Å². The Morgan fingerprint density at radius 3 is 2.59 bits per heavy atom. The normalized spacial score (nSPS) is 15.7. The lowest BCUT2D eigenvalue weighted by atomic mass is 10.2. The minimum absolute atomic E-state index is 0.0531. The largest absolute Gasteiger partial charge is 0.337 e. The molecule has 0 unspecified atom stereocenters. The van der Waals surface area contributed by atoms with Crippen LogP contribution in [0.1, 0.15) is 11.3 Å². The monoisotopic (exact) mass is 380 g/mol. The zero-order valence-corrected chi connectivity index (χ0v) is 15.7. The summed E-state index contributed by atoms with van der Waals surface area (Å²) in [5.41, 5.74) is 3.00. The predicted molar refractivity (Wildman–Crippen MR) is 108 cm³/mol. The summed E-state index contributed by atoms with van der Waals surface area (Å²) < 4.78 is 2.04. The number of hydrogen-bond acceptors (Lipinski definition) is 3. The molecule has 1 aliphatic rings. The molecule has 138 valence electrons. The number of hydrogen-bond donors (Lipinski definition) is 0. The summed E-state index contributed by atoms with van der Waals surface area (Å²) in [6.07, 6.45) is 7.56. The fourth-order valence-corrected chi connectivity index (χ4v) is 3.39. The molecule has 0 aliphatic carbocycles. The third-order valence-electron chi connectivity index (χ3n) is 4.77. The van der Waals surface area contributed by atoms with E-state index in [-0.39, 0.29) is 5.91 Å². The van der Waals surface area contributed by atoms with Crippen LogP contribution in [0.15, 0.2) is 60.9 Å². The number of benzene rings is 1. The average Bonchev–Trinajstić information content (AvgIpc) is 3.10. The molecule has 1 saturated heterocycles. The van der Waals surface area contributed by atoms with Gasteiger partial charge in [-0.1, -0.05) is 29.8 Å². The van der Waals surface area contributed by atoms with Gasteiger partial charge in [0.1, 0.15) is 5.65 Å².